The first-order valence-electron chi connectivity index (χ1n) is 5.12. The van der Waals surface area contributed by atoms with Gasteiger partial charge >= 0.3 is 6.03 Å². The lowest BCUT2D eigenvalue weighted by Gasteiger charge is -2.07. The van der Waals surface area contributed by atoms with Crippen molar-refractivity contribution in [2.45, 2.75) is 0 Å². The average molecular weight is 264 g/mol. The molecule has 1 aromatic carbocycles. The van der Waals surface area contributed by atoms with Gasteiger partial charge in [-0.15, -0.1) is 0 Å². The number of rotatable bonds is 2. The Labute approximate surface area is 108 Å². The first-order chi connectivity index (χ1) is 8.63. The number of carbonyl (C=O) groups excluding carboxylic acids is 1. The number of hydrogen-bond donors (Lipinski definition) is 3. The number of phenols is 1. The summed E-state index contributed by atoms with van der Waals surface area (Å²) in [7, 11) is 0. The van der Waals surface area contributed by atoms with Crippen LogP contribution >= 0.6 is 11.6 Å². The van der Waals surface area contributed by atoms with Gasteiger partial charge < -0.3 is 15.7 Å². The van der Waals surface area contributed by atoms with Gasteiger partial charge in [0.1, 0.15) is 10.9 Å². The molecule has 2 amide bonds. The third kappa shape index (κ3) is 3.36. The van der Waals surface area contributed by atoms with Gasteiger partial charge in [-0.3, -0.25) is 0 Å². The fourth-order valence-electron chi connectivity index (χ4n) is 1.36. The Morgan fingerprint density at radius 3 is 2.56 bits per heavy atom. The van der Waals surface area contributed by atoms with Crippen LogP contribution in [0.3, 0.4) is 0 Å². The molecule has 0 fully saturated rings. The van der Waals surface area contributed by atoms with Crippen LogP contribution in [0.1, 0.15) is 0 Å². The fraction of sp³-hybridized carbons (Fsp3) is 0. The van der Waals surface area contributed by atoms with Crippen LogP contribution in [0, 0.1) is 0 Å². The van der Waals surface area contributed by atoms with Gasteiger partial charge in [-0.1, -0.05) is 17.7 Å². The number of nitrogens with one attached hydrogen (secondary N) is 2. The zero-order valence-corrected chi connectivity index (χ0v) is 9.98. The van der Waals surface area contributed by atoms with Crippen LogP contribution in [-0.4, -0.2) is 16.1 Å². The summed E-state index contributed by atoms with van der Waals surface area (Å²) in [5.74, 6) is 0.0831. The number of carbonyl (C=O) groups is 1. The minimum atomic E-state index is -0.428. The summed E-state index contributed by atoms with van der Waals surface area (Å²) < 4.78 is 0. The Balaban J connectivity index is 2.01. The maximum atomic E-state index is 11.6. The van der Waals surface area contributed by atoms with Gasteiger partial charge in [-0.05, 0) is 24.3 Å². The summed E-state index contributed by atoms with van der Waals surface area (Å²) in [4.78, 5) is 15.4. The Bertz CT molecular complexity index is 525. The highest BCUT2D eigenvalue weighted by Gasteiger charge is 2.03. The molecule has 0 aliphatic rings. The second-order valence-corrected chi connectivity index (χ2v) is 3.88. The van der Waals surface area contributed by atoms with Crippen molar-refractivity contribution in [3.63, 3.8) is 0 Å². The van der Waals surface area contributed by atoms with Crippen LogP contribution in [0.4, 0.5) is 16.2 Å². The van der Waals surface area contributed by atoms with Crippen LogP contribution in [0.5, 0.6) is 5.75 Å². The topological polar surface area (TPSA) is 74.2 Å². The van der Waals surface area contributed by atoms with Crippen molar-refractivity contribution in [3.8, 4) is 5.75 Å². The van der Waals surface area contributed by atoms with Gasteiger partial charge in [0.05, 0.1) is 0 Å². The molecule has 18 heavy (non-hydrogen) atoms. The van der Waals surface area contributed by atoms with E-state index >= 15 is 0 Å². The van der Waals surface area contributed by atoms with Crippen LogP contribution in [0.15, 0.2) is 42.6 Å². The number of hydrogen-bond acceptors (Lipinski definition) is 3. The lowest BCUT2D eigenvalue weighted by Crippen LogP contribution is -2.19. The summed E-state index contributed by atoms with van der Waals surface area (Å²) in [6.45, 7) is 0. The third-order valence-corrected chi connectivity index (χ3v) is 2.30. The minimum absolute atomic E-state index is 0.0831. The molecule has 0 saturated heterocycles. The molecule has 1 aromatic heterocycles. The predicted molar refractivity (Wildman–Crippen MR) is 70.0 cm³/mol. The summed E-state index contributed by atoms with van der Waals surface area (Å²) in [5, 5.41) is 14.7. The summed E-state index contributed by atoms with van der Waals surface area (Å²) in [6, 6.07) is 8.98. The first-order valence-corrected chi connectivity index (χ1v) is 5.50. The average Bonchev–Trinajstić information content (AvgIpc) is 2.28. The minimum Gasteiger partial charge on any atom is -0.508 e. The molecule has 0 radical (unpaired) electrons. The Morgan fingerprint density at radius 2 is 1.89 bits per heavy atom. The van der Waals surface area contributed by atoms with E-state index in [0.717, 1.165) is 0 Å². The number of benzene rings is 1. The molecule has 2 rings (SSSR count). The number of halogens is 1. The zero-order valence-electron chi connectivity index (χ0n) is 9.22. The van der Waals surface area contributed by atoms with Crippen LogP contribution < -0.4 is 10.6 Å². The molecule has 1 heterocycles. The van der Waals surface area contributed by atoms with E-state index in [-0.39, 0.29) is 5.75 Å². The lowest BCUT2D eigenvalue weighted by molar-refractivity contribution is 0.262. The van der Waals surface area contributed by atoms with E-state index in [1.807, 2.05) is 0 Å². The van der Waals surface area contributed by atoms with Crippen molar-refractivity contribution in [3.05, 3.63) is 47.7 Å². The van der Waals surface area contributed by atoms with E-state index in [0.29, 0.717) is 16.5 Å². The van der Waals surface area contributed by atoms with E-state index in [9.17, 15) is 9.90 Å². The highest BCUT2D eigenvalue weighted by molar-refractivity contribution is 6.29. The molecule has 0 aliphatic carbocycles. The number of phenolic OH excluding ortho intramolecular Hbond substituents is 1. The van der Waals surface area contributed by atoms with Crippen molar-refractivity contribution in [2.75, 3.05) is 10.6 Å². The van der Waals surface area contributed by atoms with Crippen LogP contribution in [0.2, 0.25) is 5.15 Å². The highest BCUT2D eigenvalue weighted by atomic mass is 35.5. The van der Waals surface area contributed by atoms with E-state index in [4.69, 9.17) is 11.6 Å². The number of nitrogens with zero attached hydrogens (tertiary/aromatic N) is 1. The molecule has 0 unspecified atom stereocenters. The second kappa shape index (κ2) is 5.37. The monoisotopic (exact) mass is 263 g/mol. The van der Waals surface area contributed by atoms with Gasteiger partial charge in [-0.2, -0.15) is 0 Å². The number of aromatic nitrogens is 1. The second-order valence-electron chi connectivity index (χ2n) is 3.50. The van der Waals surface area contributed by atoms with E-state index in [1.54, 1.807) is 18.2 Å². The molecule has 2 aromatic rings. The quantitative estimate of drug-likeness (QED) is 0.729. The molecule has 0 spiro atoms. The zero-order chi connectivity index (χ0) is 13.0. The smallest absolute Gasteiger partial charge is 0.323 e. The number of urea groups is 1. The van der Waals surface area contributed by atoms with Gasteiger partial charge in [0.2, 0.25) is 0 Å². The van der Waals surface area contributed by atoms with Crippen molar-refractivity contribution >= 4 is 29.0 Å². The molecular weight excluding hydrogens is 254 g/mol. The fourth-order valence-corrected chi connectivity index (χ4v) is 1.53. The van der Waals surface area contributed by atoms with Gasteiger partial charge in [-0.25, -0.2) is 9.78 Å². The Kier molecular flexibility index (Phi) is 3.64. The van der Waals surface area contributed by atoms with Crippen molar-refractivity contribution in [1.82, 2.24) is 4.98 Å². The standard InChI is InChI=1S/C12H10ClN3O2/c13-11-7-9(4-5-14-11)16-12(18)15-8-2-1-3-10(17)6-8/h1-7,17H,(H2,14,15,16,18). The summed E-state index contributed by atoms with van der Waals surface area (Å²) in [6.07, 6.45) is 1.49. The summed E-state index contributed by atoms with van der Waals surface area (Å²) >= 11 is 5.69. The first kappa shape index (κ1) is 12.2. The number of pyridine rings is 1. The van der Waals surface area contributed by atoms with E-state index in [2.05, 4.69) is 15.6 Å². The molecule has 5 nitrogen and oxygen atoms in total. The predicted octanol–water partition coefficient (Wildman–Crippen LogP) is 3.08. The van der Waals surface area contributed by atoms with Gasteiger partial charge in [0, 0.05) is 23.6 Å². The Morgan fingerprint density at radius 1 is 1.17 bits per heavy atom. The Hall–Kier alpha value is -2.27. The van der Waals surface area contributed by atoms with E-state index in [1.165, 1.54) is 24.4 Å². The molecule has 0 bridgehead atoms. The van der Waals surface area contributed by atoms with Crippen molar-refractivity contribution in [1.29, 1.82) is 0 Å². The summed E-state index contributed by atoms with van der Waals surface area (Å²) in [5.41, 5.74) is 1.03. The lowest BCUT2D eigenvalue weighted by atomic mass is 10.3. The molecule has 6 heteroatoms. The molecule has 0 aliphatic heterocycles. The molecule has 3 N–H and O–H groups in total. The maximum absolute atomic E-state index is 11.6. The molecule has 92 valence electrons. The van der Waals surface area contributed by atoms with Crippen LogP contribution in [0.25, 0.3) is 0 Å². The maximum Gasteiger partial charge on any atom is 0.323 e. The van der Waals surface area contributed by atoms with E-state index < -0.39 is 6.03 Å². The van der Waals surface area contributed by atoms with Gasteiger partial charge in [0.15, 0.2) is 0 Å². The van der Waals surface area contributed by atoms with Gasteiger partial charge in [0.25, 0.3) is 0 Å². The van der Waals surface area contributed by atoms with Crippen molar-refractivity contribution in [2.24, 2.45) is 0 Å². The normalized spacial score (nSPS) is 9.83. The molecule has 0 atom stereocenters. The number of amides is 2. The third-order valence-electron chi connectivity index (χ3n) is 2.09. The highest BCUT2D eigenvalue weighted by Crippen LogP contribution is 2.16. The molecule has 0 saturated carbocycles. The largest absolute Gasteiger partial charge is 0.508 e. The van der Waals surface area contributed by atoms with Crippen LogP contribution in [-0.2, 0) is 0 Å². The molecular formula is C12H10ClN3O2. The van der Waals surface area contributed by atoms with Crippen molar-refractivity contribution < 1.29 is 9.90 Å². The number of anilines is 2. The number of aromatic hydroxyl groups is 1. The SMILES string of the molecule is O=C(Nc1cccc(O)c1)Nc1ccnc(Cl)c1.